The fraction of sp³-hybridized carbons (Fsp3) is 0.462. The number of aromatic nitrogens is 4. The average Bonchev–Trinajstić information content (AvgIpc) is 3.41. The van der Waals surface area contributed by atoms with Crippen molar-refractivity contribution in [1.82, 2.24) is 24.3 Å². The number of pyridine rings is 3. The fourth-order valence-corrected chi connectivity index (χ4v) is 10.4. The molecule has 4 rings (SSSR count). The number of aryl methyl sites for hydroxylation is 1. The van der Waals surface area contributed by atoms with Gasteiger partial charge in [-0.2, -0.15) is 10.0 Å². The molecule has 50 heavy (non-hydrogen) atoms. The van der Waals surface area contributed by atoms with Crippen LogP contribution in [0.15, 0.2) is 48.8 Å². The van der Waals surface area contributed by atoms with Gasteiger partial charge in [-0.05, 0) is 97.4 Å². The molecule has 1 atom stereocenters. The first-order valence-corrected chi connectivity index (χ1v) is 18.8. The first kappa shape index (κ1) is 38.2. The second kappa shape index (κ2) is 15.1. The van der Waals surface area contributed by atoms with Gasteiger partial charge in [-0.25, -0.2) is 19.7 Å². The fourth-order valence-electron chi connectivity index (χ4n) is 6.11. The van der Waals surface area contributed by atoms with Crippen LogP contribution in [0.25, 0.3) is 28.2 Å². The number of carbonyl (C=O) groups excluding carboxylic acids is 2. The monoisotopic (exact) mass is 700 g/mol. The summed E-state index contributed by atoms with van der Waals surface area (Å²) >= 11 is 0. The number of nitrogens with one attached hydrogen (secondary N) is 1. The van der Waals surface area contributed by atoms with Crippen LogP contribution >= 0.6 is 10.0 Å². The van der Waals surface area contributed by atoms with Crippen LogP contribution in [0.3, 0.4) is 0 Å². The summed E-state index contributed by atoms with van der Waals surface area (Å²) in [5, 5.41) is 7.74. The molecule has 4 aromatic heterocycles. The van der Waals surface area contributed by atoms with E-state index in [2.05, 4.69) is 63.0 Å². The van der Waals surface area contributed by atoms with Crippen LogP contribution in [-0.2, 0) is 9.53 Å². The van der Waals surface area contributed by atoms with Gasteiger partial charge < -0.3 is 14.8 Å². The highest BCUT2D eigenvalue weighted by Crippen LogP contribution is 2.59. The van der Waals surface area contributed by atoms with Gasteiger partial charge in [0.25, 0.3) is 0 Å². The number of hydrogen-bond donors (Lipinski definition) is 1. The van der Waals surface area contributed by atoms with Crippen LogP contribution in [0.4, 0.5) is 10.6 Å². The Kier molecular flexibility index (Phi) is 11.6. The summed E-state index contributed by atoms with van der Waals surface area (Å²) in [5.74, 6) is 3.93. The Balaban J connectivity index is 1.93. The smallest absolute Gasteiger partial charge is 0.410 e. The lowest BCUT2D eigenvalue weighted by molar-refractivity contribution is -0.120. The molecule has 2 amide bonds. The molecule has 4 heterocycles. The first-order valence-electron chi connectivity index (χ1n) is 17.0. The third-order valence-corrected chi connectivity index (χ3v) is 13.9. The van der Waals surface area contributed by atoms with E-state index < -0.39 is 33.7 Å². The van der Waals surface area contributed by atoms with Crippen molar-refractivity contribution >= 4 is 33.5 Å². The molecule has 0 bridgehead atoms. The van der Waals surface area contributed by atoms with E-state index in [-0.39, 0.29) is 0 Å². The van der Waals surface area contributed by atoms with Crippen LogP contribution in [-0.4, -0.2) is 77.8 Å². The van der Waals surface area contributed by atoms with Crippen molar-refractivity contribution in [2.45, 2.75) is 104 Å². The summed E-state index contributed by atoms with van der Waals surface area (Å²) in [4.78, 5) is 41.8. The minimum Gasteiger partial charge on any atom is -0.481 e. The lowest BCUT2D eigenvalue weighted by Gasteiger charge is -2.46. The quantitative estimate of drug-likeness (QED) is 0.175. The normalized spacial score (nSPS) is 12.9. The molecule has 268 valence electrons. The van der Waals surface area contributed by atoms with E-state index >= 15 is 0 Å². The van der Waals surface area contributed by atoms with Crippen molar-refractivity contribution < 1.29 is 19.1 Å². The van der Waals surface area contributed by atoms with E-state index in [9.17, 15) is 9.59 Å². The van der Waals surface area contributed by atoms with Crippen LogP contribution in [0, 0.1) is 18.1 Å². The number of anilines is 1. The standard InChI is InChI=1S/C39H52N6O4S/c1-24(2)50(25(3)4,26(5)6)21-18-31-30(14-15-32(41-31)42-37(46)28(8)44(12)38(47)49-39(9,10)11)36-35(29-16-19-40-34(23-29)48-13)43-33-22-27(7)17-20-45(33)36/h14-17,19-20,22-26,28H,1-13H3,(H,41,42,46). The Morgan fingerprint density at radius 3 is 2.22 bits per heavy atom. The predicted octanol–water partition coefficient (Wildman–Crippen LogP) is 8.31. The topological polar surface area (TPSA) is 111 Å². The van der Waals surface area contributed by atoms with Gasteiger partial charge in [-0.1, -0.05) is 41.5 Å². The lowest BCUT2D eigenvalue weighted by atomic mass is 10.0. The zero-order valence-corrected chi connectivity index (χ0v) is 32.5. The molecule has 0 spiro atoms. The molecular weight excluding hydrogens is 649 g/mol. The van der Waals surface area contributed by atoms with Crippen molar-refractivity contribution in [2.24, 2.45) is 0 Å². The third-order valence-electron chi connectivity index (χ3n) is 8.73. The molecule has 4 aromatic rings. The number of methoxy groups -OCH3 is 1. The number of carbonyl (C=O) groups is 2. The summed E-state index contributed by atoms with van der Waals surface area (Å²) < 4.78 is 13.0. The van der Waals surface area contributed by atoms with E-state index in [0.29, 0.717) is 33.1 Å². The number of amides is 2. The van der Waals surface area contributed by atoms with Gasteiger partial charge in [-0.15, -0.1) is 0 Å². The summed E-state index contributed by atoms with van der Waals surface area (Å²) in [7, 11) is 1.70. The highest BCUT2D eigenvalue weighted by Gasteiger charge is 2.33. The third kappa shape index (κ3) is 8.07. The molecule has 0 radical (unpaired) electrons. The highest BCUT2D eigenvalue weighted by molar-refractivity contribution is 8.38. The second-order valence-electron chi connectivity index (χ2n) is 14.3. The van der Waals surface area contributed by atoms with Gasteiger partial charge >= 0.3 is 6.09 Å². The largest absolute Gasteiger partial charge is 0.481 e. The maximum Gasteiger partial charge on any atom is 0.410 e. The van der Waals surface area contributed by atoms with Gasteiger partial charge in [0.05, 0.1) is 18.5 Å². The summed E-state index contributed by atoms with van der Waals surface area (Å²) in [5.41, 5.74) is 4.79. The minimum atomic E-state index is -1.43. The van der Waals surface area contributed by atoms with E-state index in [1.165, 1.54) is 4.90 Å². The zero-order chi connectivity index (χ0) is 37.1. The maximum absolute atomic E-state index is 13.5. The number of fused-ring (bicyclic) bond motifs is 1. The number of ether oxygens (including phenoxy) is 2. The average molecular weight is 701 g/mol. The van der Waals surface area contributed by atoms with Crippen molar-refractivity contribution in [3.05, 3.63) is 60.0 Å². The number of rotatable bonds is 9. The van der Waals surface area contributed by atoms with Gasteiger partial charge in [0.2, 0.25) is 11.8 Å². The summed E-state index contributed by atoms with van der Waals surface area (Å²) in [6.45, 7) is 22.5. The second-order valence-corrected chi connectivity index (χ2v) is 18.9. The Hall–Kier alpha value is -4.56. The van der Waals surface area contributed by atoms with Crippen LogP contribution in [0.1, 0.15) is 80.5 Å². The first-order chi connectivity index (χ1) is 23.4. The Labute approximate surface area is 298 Å². The lowest BCUT2D eigenvalue weighted by Crippen LogP contribution is -2.45. The molecule has 0 saturated carbocycles. The molecule has 1 N–H and O–H groups in total. The summed E-state index contributed by atoms with van der Waals surface area (Å²) in [6.07, 6.45) is 3.11. The van der Waals surface area contributed by atoms with Gasteiger partial charge in [0.15, 0.2) is 0 Å². The van der Waals surface area contributed by atoms with Crippen molar-refractivity contribution in [3.8, 4) is 39.6 Å². The number of imidazole rings is 1. The molecule has 10 nitrogen and oxygen atoms in total. The Morgan fingerprint density at radius 1 is 0.960 bits per heavy atom. The molecule has 1 unspecified atom stereocenters. The molecule has 0 aliphatic carbocycles. The maximum atomic E-state index is 13.5. The molecule has 11 heteroatoms. The van der Waals surface area contributed by atoms with Crippen LogP contribution in [0.2, 0.25) is 0 Å². The molecule has 0 aromatic carbocycles. The number of hydrogen-bond acceptors (Lipinski definition) is 7. The molecule has 0 aliphatic heterocycles. The molecule has 0 fully saturated rings. The predicted molar refractivity (Wildman–Crippen MR) is 205 cm³/mol. The number of nitrogens with zero attached hydrogens (tertiary/aromatic N) is 5. The van der Waals surface area contributed by atoms with Gasteiger partial charge in [0, 0.05) is 36.6 Å². The van der Waals surface area contributed by atoms with Crippen molar-refractivity contribution in [2.75, 3.05) is 19.5 Å². The molecular formula is C39H52N6O4S. The van der Waals surface area contributed by atoms with E-state index in [1.54, 1.807) is 54.1 Å². The van der Waals surface area contributed by atoms with Gasteiger partial charge in [0.1, 0.15) is 28.8 Å². The van der Waals surface area contributed by atoms with E-state index in [4.69, 9.17) is 19.4 Å². The zero-order valence-electron chi connectivity index (χ0n) is 31.7. The number of likely N-dealkylation sites (N-methyl/N-ethyl adjacent to an activating group) is 1. The highest BCUT2D eigenvalue weighted by atomic mass is 32.3. The molecule has 0 saturated heterocycles. The summed E-state index contributed by atoms with van der Waals surface area (Å²) in [6, 6.07) is 10.7. The minimum absolute atomic E-state index is 0.323. The van der Waals surface area contributed by atoms with Crippen molar-refractivity contribution in [1.29, 1.82) is 0 Å². The Morgan fingerprint density at radius 2 is 1.62 bits per heavy atom. The van der Waals surface area contributed by atoms with Gasteiger partial charge in [-0.3, -0.25) is 14.1 Å². The SMILES string of the molecule is COc1cc(-c2nc3cc(C)ccn3c2-c2ccc(NC(=O)C(C)N(C)C(=O)OC(C)(C)C)nc2C#CS(C(C)C)(C(C)C)C(C)C)ccn1. The van der Waals surface area contributed by atoms with Crippen molar-refractivity contribution in [3.63, 3.8) is 0 Å². The van der Waals surface area contributed by atoms with E-state index in [1.807, 2.05) is 47.9 Å². The molecule has 0 aliphatic rings. The van der Waals surface area contributed by atoms with Crippen LogP contribution in [0.5, 0.6) is 5.88 Å². The van der Waals surface area contributed by atoms with Crippen LogP contribution < -0.4 is 10.1 Å². The van der Waals surface area contributed by atoms with E-state index in [0.717, 1.165) is 33.7 Å². The Bertz CT molecular complexity index is 1910.